The minimum atomic E-state index is -0.668. The van der Waals surface area contributed by atoms with Gasteiger partial charge in [-0.05, 0) is 25.7 Å². The van der Waals surface area contributed by atoms with Crippen LogP contribution in [0.3, 0.4) is 0 Å². The van der Waals surface area contributed by atoms with Crippen LogP contribution in [0.25, 0.3) is 0 Å². The fourth-order valence-corrected chi connectivity index (χ4v) is 8.88. The number of hydrogen-bond acceptors (Lipinski definition) is 5. The number of unbranched alkanes of at least 4 members (excludes halogenated alkanes) is 41. The number of esters is 1. The van der Waals surface area contributed by atoms with Gasteiger partial charge in [-0.2, -0.15) is 0 Å². The molecule has 0 aromatic rings. The zero-order chi connectivity index (χ0) is 44.4. The van der Waals surface area contributed by atoms with Crippen LogP contribution in [-0.4, -0.2) is 47.4 Å². The Bertz CT molecular complexity index is 867. The number of aliphatic hydroxyl groups excluding tert-OH is 2. The summed E-state index contributed by atoms with van der Waals surface area (Å²) in [6, 6.07) is -0.546. The average molecular weight is 864 g/mol. The molecule has 0 aliphatic heterocycles. The van der Waals surface area contributed by atoms with Crippen molar-refractivity contribution >= 4 is 11.9 Å². The monoisotopic (exact) mass is 864 g/mol. The molecule has 0 saturated carbocycles. The van der Waals surface area contributed by atoms with Crippen molar-refractivity contribution in [2.24, 2.45) is 0 Å². The van der Waals surface area contributed by atoms with Gasteiger partial charge >= 0.3 is 5.97 Å². The van der Waals surface area contributed by atoms with Gasteiger partial charge in [0.2, 0.25) is 5.91 Å². The van der Waals surface area contributed by atoms with E-state index in [1.807, 2.05) is 0 Å². The Morgan fingerprint density at radius 1 is 0.393 bits per heavy atom. The van der Waals surface area contributed by atoms with Gasteiger partial charge in [-0.1, -0.05) is 277 Å². The van der Waals surface area contributed by atoms with Gasteiger partial charge < -0.3 is 20.3 Å². The smallest absolute Gasteiger partial charge is 0.305 e. The van der Waals surface area contributed by atoms with Crippen LogP contribution in [0.5, 0.6) is 0 Å². The second-order valence-corrected chi connectivity index (χ2v) is 19.3. The summed E-state index contributed by atoms with van der Waals surface area (Å²) in [6.07, 6.45) is 57.9. The van der Waals surface area contributed by atoms with E-state index in [2.05, 4.69) is 19.2 Å². The Balaban J connectivity index is 3.42. The number of rotatable bonds is 52. The number of nitrogens with one attached hydrogen (secondary N) is 1. The minimum absolute atomic E-state index is 0.00310. The summed E-state index contributed by atoms with van der Waals surface area (Å²) in [7, 11) is 0. The molecular weight excluding hydrogens is 755 g/mol. The highest BCUT2D eigenvalue weighted by Crippen LogP contribution is 2.18. The van der Waals surface area contributed by atoms with Crippen molar-refractivity contribution in [1.29, 1.82) is 0 Å². The summed E-state index contributed by atoms with van der Waals surface area (Å²) in [4.78, 5) is 24.5. The lowest BCUT2D eigenvalue weighted by Crippen LogP contribution is -2.45. The van der Waals surface area contributed by atoms with Crippen molar-refractivity contribution < 1.29 is 24.5 Å². The number of ether oxygens (including phenoxy) is 1. The molecule has 0 radical (unpaired) electrons. The van der Waals surface area contributed by atoms with Crippen molar-refractivity contribution in [1.82, 2.24) is 5.32 Å². The number of carbonyl (C=O) groups is 2. The predicted molar refractivity (Wildman–Crippen MR) is 264 cm³/mol. The molecule has 0 aliphatic carbocycles. The van der Waals surface area contributed by atoms with E-state index in [1.54, 1.807) is 0 Å². The van der Waals surface area contributed by atoms with Gasteiger partial charge in [0.05, 0.1) is 25.4 Å². The molecule has 0 aromatic carbocycles. The van der Waals surface area contributed by atoms with Crippen molar-refractivity contribution in [3.63, 3.8) is 0 Å². The summed E-state index contributed by atoms with van der Waals surface area (Å²) in [5.41, 5.74) is 0. The molecule has 0 bridgehead atoms. The topological polar surface area (TPSA) is 95.9 Å². The van der Waals surface area contributed by atoms with E-state index in [0.29, 0.717) is 25.9 Å². The normalized spacial score (nSPS) is 12.5. The molecule has 1 amide bonds. The molecule has 0 aromatic heterocycles. The first-order valence-electron chi connectivity index (χ1n) is 27.8. The fraction of sp³-hybridized carbons (Fsp3) is 0.964. The van der Waals surface area contributed by atoms with E-state index in [4.69, 9.17) is 4.74 Å². The number of amides is 1. The Morgan fingerprint density at radius 2 is 0.672 bits per heavy atom. The maximum Gasteiger partial charge on any atom is 0.305 e. The molecule has 6 heteroatoms. The van der Waals surface area contributed by atoms with Gasteiger partial charge in [0.1, 0.15) is 0 Å². The highest BCUT2D eigenvalue weighted by atomic mass is 16.5. The largest absolute Gasteiger partial charge is 0.466 e. The summed E-state index contributed by atoms with van der Waals surface area (Å²) in [5, 5.41) is 23.3. The van der Waals surface area contributed by atoms with Gasteiger partial charge in [0.25, 0.3) is 0 Å². The summed E-state index contributed by atoms with van der Waals surface area (Å²) in [6.45, 7) is 4.96. The van der Waals surface area contributed by atoms with Gasteiger partial charge in [-0.25, -0.2) is 0 Å². The third-order valence-electron chi connectivity index (χ3n) is 13.2. The molecule has 0 heterocycles. The Labute approximate surface area is 381 Å². The molecule has 364 valence electrons. The molecule has 3 N–H and O–H groups in total. The van der Waals surface area contributed by atoms with Gasteiger partial charge in [0.15, 0.2) is 0 Å². The van der Waals surface area contributed by atoms with E-state index < -0.39 is 12.1 Å². The quantitative estimate of drug-likeness (QED) is 0.0418. The lowest BCUT2D eigenvalue weighted by atomic mass is 10.0. The van der Waals surface area contributed by atoms with E-state index >= 15 is 0 Å². The summed E-state index contributed by atoms with van der Waals surface area (Å²) in [5.74, 6) is -0.0375. The zero-order valence-corrected chi connectivity index (χ0v) is 41.4. The first-order chi connectivity index (χ1) is 30.0. The van der Waals surface area contributed by atoms with Crippen LogP contribution in [-0.2, 0) is 14.3 Å². The molecule has 6 nitrogen and oxygen atoms in total. The van der Waals surface area contributed by atoms with E-state index in [1.165, 1.54) is 238 Å². The second kappa shape index (κ2) is 51.5. The Hall–Kier alpha value is -1.14. The van der Waals surface area contributed by atoms with Crippen LogP contribution in [0, 0.1) is 0 Å². The Morgan fingerprint density at radius 3 is 1.00 bits per heavy atom. The first kappa shape index (κ1) is 59.9. The lowest BCUT2D eigenvalue weighted by Gasteiger charge is -2.22. The predicted octanol–water partition coefficient (Wildman–Crippen LogP) is 16.7. The maximum atomic E-state index is 12.5. The lowest BCUT2D eigenvalue weighted by molar-refractivity contribution is -0.143. The van der Waals surface area contributed by atoms with Crippen molar-refractivity contribution in [2.45, 2.75) is 328 Å². The maximum absolute atomic E-state index is 12.5. The standard InChI is InChI=1S/C55H109NO5/c1-3-5-7-9-11-13-15-17-18-20-24-27-31-35-39-43-47-53(58)52(51-57)56-54(59)48-44-40-36-32-28-25-21-19-22-26-30-34-38-42-46-50-61-55(60)49-45-41-37-33-29-23-16-14-12-10-8-6-4-2/h52-53,57-58H,3-51H2,1-2H3,(H,56,59). The molecule has 0 spiro atoms. The molecule has 0 saturated heterocycles. The third kappa shape index (κ3) is 48.2. The van der Waals surface area contributed by atoms with Crippen LogP contribution in [0.4, 0.5) is 0 Å². The average Bonchev–Trinajstić information content (AvgIpc) is 3.26. The zero-order valence-electron chi connectivity index (χ0n) is 41.4. The number of hydrogen-bond donors (Lipinski definition) is 3. The minimum Gasteiger partial charge on any atom is -0.466 e. The number of aliphatic hydroxyl groups is 2. The fourth-order valence-electron chi connectivity index (χ4n) is 8.88. The Kier molecular flexibility index (Phi) is 50.5. The van der Waals surface area contributed by atoms with Crippen LogP contribution in [0.1, 0.15) is 316 Å². The third-order valence-corrected chi connectivity index (χ3v) is 13.2. The van der Waals surface area contributed by atoms with Gasteiger partial charge in [-0.15, -0.1) is 0 Å². The van der Waals surface area contributed by atoms with Gasteiger partial charge in [-0.3, -0.25) is 9.59 Å². The van der Waals surface area contributed by atoms with Crippen LogP contribution < -0.4 is 5.32 Å². The van der Waals surface area contributed by atoms with E-state index in [0.717, 1.165) is 44.9 Å². The van der Waals surface area contributed by atoms with Crippen molar-refractivity contribution in [3.8, 4) is 0 Å². The first-order valence-corrected chi connectivity index (χ1v) is 27.8. The molecule has 0 rings (SSSR count). The SMILES string of the molecule is CCCCCCCCCCCCCCCCCCC(O)C(CO)NC(=O)CCCCCCCCCCCCCCCCCOC(=O)CCCCCCCCCCCCCCC. The molecule has 0 fully saturated rings. The van der Waals surface area contributed by atoms with E-state index in [-0.39, 0.29) is 18.5 Å². The summed E-state index contributed by atoms with van der Waals surface area (Å²) < 4.78 is 5.47. The highest BCUT2D eigenvalue weighted by Gasteiger charge is 2.20. The van der Waals surface area contributed by atoms with Crippen LogP contribution in [0.2, 0.25) is 0 Å². The highest BCUT2D eigenvalue weighted by molar-refractivity contribution is 5.76. The molecule has 2 atom stereocenters. The molecule has 2 unspecified atom stereocenters. The van der Waals surface area contributed by atoms with Crippen LogP contribution in [0.15, 0.2) is 0 Å². The van der Waals surface area contributed by atoms with Gasteiger partial charge in [0, 0.05) is 12.8 Å². The number of carbonyl (C=O) groups excluding carboxylic acids is 2. The summed E-state index contributed by atoms with van der Waals surface area (Å²) >= 11 is 0. The van der Waals surface area contributed by atoms with Crippen LogP contribution >= 0.6 is 0 Å². The molecular formula is C55H109NO5. The second-order valence-electron chi connectivity index (χ2n) is 19.3. The molecule has 0 aliphatic rings. The molecule has 61 heavy (non-hydrogen) atoms. The van der Waals surface area contributed by atoms with Crippen molar-refractivity contribution in [2.75, 3.05) is 13.2 Å². The van der Waals surface area contributed by atoms with Crippen molar-refractivity contribution in [3.05, 3.63) is 0 Å². The van der Waals surface area contributed by atoms with E-state index in [9.17, 15) is 19.8 Å².